The predicted molar refractivity (Wildman–Crippen MR) is 177 cm³/mol. The highest BCUT2D eigenvalue weighted by molar-refractivity contribution is 5.93. The fraction of sp³-hybridized carbons (Fsp3) is 0.657. The number of ether oxygens (including phenoxy) is 3. The van der Waals surface area contributed by atoms with Gasteiger partial charge >= 0.3 is 12.1 Å². The van der Waals surface area contributed by atoms with Crippen LogP contribution in [-0.4, -0.2) is 85.2 Å². The Morgan fingerprint density at radius 1 is 0.933 bits per heavy atom. The van der Waals surface area contributed by atoms with Crippen LogP contribution in [0.15, 0.2) is 35.9 Å². The van der Waals surface area contributed by atoms with Gasteiger partial charge < -0.3 is 24.4 Å². The van der Waals surface area contributed by atoms with E-state index in [1.54, 1.807) is 65.8 Å². The number of carbonyl (C=O) groups is 4. The second-order valence-corrected chi connectivity index (χ2v) is 14.5. The smallest absolute Gasteiger partial charge is 0.410 e. The van der Waals surface area contributed by atoms with Gasteiger partial charge in [0, 0.05) is 30.6 Å². The van der Waals surface area contributed by atoms with Crippen LogP contribution in [0.1, 0.15) is 88.6 Å². The van der Waals surface area contributed by atoms with Crippen molar-refractivity contribution in [2.75, 3.05) is 27.8 Å². The van der Waals surface area contributed by atoms with Crippen molar-refractivity contribution in [2.24, 2.45) is 11.3 Å². The lowest BCUT2D eigenvalue weighted by molar-refractivity contribution is -0.142. The summed E-state index contributed by atoms with van der Waals surface area (Å²) in [5.74, 6) is -0.799. The Labute approximate surface area is 270 Å². The highest BCUT2D eigenvalue weighted by atomic mass is 16.6. The number of para-hydroxylation sites is 1. The Morgan fingerprint density at radius 2 is 1.49 bits per heavy atom. The summed E-state index contributed by atoms with van der Waals surface area (Å²) < 4.78 is 16.4. The van der Waals surface area contributed by atoms with Gasteiger partial charge in [0.2, 0.25) is 11.8 Å². The van der Waals surface area contributed by atoms with E-state index in [-0.39, 0.29) is 18.4 Å². The Bertz CT molecular complexity index is 1220. The zero-order valence-electron chi connectivity index (χ0n) is 30.2. The van der Waals surface area contributed by atoms with Crippen LogP contribution in [0.2, 0.25) is 0 Å². The van der Waals surface area contributed by atoms with E-state index in [1.165, 1.54) is 11.9 Å². The number of rotatable bonds is 12. The molecule has 0 aliphatic rings. The summed E-state index contributed by atoms with van der Waals surface area (Å²) in [6.07, 6.45) is 1.05. The second-order valence-electron chi connectivity index (χ2n) is 14.5. The van der Waals surface area contributed by atoms with Gasteiger partial charge in [-0.25, -0.2) is 9.59 Å². The second kappa shape index (κ2) is 15.6. The lowest BCUT2D eigenvalue weighted by Crippen LogP contribution is -2.63. The van der Waals surface area contributed by atoms with E-state index in [4.69, 9.17) is 14.2 Å². The fourth-order valence-corrected chi connectivity index (χ4v) is 5.29. The molecule has 1 N–H and O–H groups in total. The van der Waals surface area contributed by atoms with Gasteiger partial charge in [0.1, 0.15) is 23.4 Å². The van der Waals surface area contributed by atoms with Crippen molar-refractivity contribution in [3.63, 3.8) is 0 Å². The molecule has 0 spiro atoms. The topological polar surface area (TPSA) is 114 Å². The van der Waals surface area contributed by atoms with Gasteiger partial charge in [0.05, 0.1) is 19.8 Å². The first-order chi connectivity index (χ1) is 20.5. The number of esters is 1. The van der Waals surface area contributed by atoms with Crippen LogP contribution in [-0.2, 0) is 29.3 Å². The molecule has 1 aromatic carbocycles. The highest BCUT2D eigenvalue weighted by Gasteiger charge is 2.46. The molecule has 0 saturated heterocycles. The first kappa shape index (κ1) is 39.5. The number of benzene rings is 1. The number of hydrogen-bond donors (Lipinski definition) is 1. The Kier molecular flexibility index (Phi) is 13.7. The van der Waals surface area contributed by atoms with Crippen LogP contribution in [0.3, 0.4) is 0 Å². The maximum atomic E-state index is 14.5. The number of likely N-dealkylation sites (N-methyl/N-ethyl adjacent to an activating group) is 2. The van der Waals surface area contributed by atoms with Crippen LogP contribution in [0.4, 0.5) is 4.79 Å². The third kappa shape index (κ3) is 10.5. The van der Waals surface area contributed by atoms with Gasteiger partial charge in [-0.2, -0.15) is 0 Å². The largest absolute Gasteiger partial charge is 0.496 e. The van der Waals surface area contributed by atoms with Gasteiger partial charge in [-0.05, 0) is 52.0 Å². The van der Waals surface area contributed by atoms with E-state index in [9.17, 15) is 19.2 Å². The summed E-state index contributed by atoms with van der Waals surface area (Å²) in [4.78, 5) is 57.3. The summed E-state index contributed by atoms with van der Waals surface area (Å²) in [5.41, 5.74) is -1.40. The minimum Gasteiger partial charge on any atom is -0.496 e. The highest BCUT2D eigenvalue weighted by Crippen LogP contribution is 2.37. The monoisotopic (exact) mass is 631 g/mol. The predicted octanol–water partition coefficient (Wildman–Crippen LogP) is 5.73. The standard InChI is InChI=1S/C35H57N3O7/c1-16-44-31(41)23(4)21-25(22(2)3)37(13)30(40)27(33(5,6)7)36-29(39)28(38(14)32(42)45-34(8,9)10)35(11,12)24-19-17-18-20-26(24)43-15/h17-22,25,27-28H,16H2,1-15H3,(H,36,39)/b23-21+/t25-,27-,28-/m1/s1. The molecule has 0 saturated carbocycles. The average molecular weight is 632 g/mol. The molecule has 0 unspecified atom stereocenters. The molecule has 0 heterocycles. The maximum absolute atomic E-state index is 14.5. The van der Waals surface area contributed by atoms with E-state index >= 15 is 0 Å². The molecular weight excluding hydrogens is 574 g/mol. The van der Waals surface area contributed by atoms with Gasteiger partial charge in [-0.15, -0.1) is 0 Å². The molecular formula is C35H57N3O7. The summed E-state index contributed by atoms with van der Waals surface area (Å²) >= 11 is 0. The molecule has 10 heteroatoms. The number of hydrogen-bond acceptors (Lipinski definition) is 7. The first-order valence-electron chi connectivity index (χ1n) is 15.5. The summed E-state index contributed by atoms with van der Waals surface area (Å²) in [5, 5.41) is 3.01. The number of amides is 3. The van der Waals surface area contributed by atoms with Crippen LogP contribution < -0.4 is 10.1 Å². The van der Waals surface area contributed by atoms with E-state index in [0.29, 0.717) is 16.9 Å². The van der Waals surface area contributed by atoms with Gasteiger partial charge in [-0.3, -0.25) is 14.5 Å². The lowest BCUT2D eigenvalue weighted by atomic mass is 9.75. The SMILES string of the molecule is CCOC(=O)/C(C)=C/[C@H](C(C)C)N(C)C(=O)[C@@H](NC(=O)[C@@H](N(C)C(=O)OC(C)(C)C)C(C)(C)c1ccccc1OC)C(C)(C)C. The van der Waals surface area contributed by atoms with Crippen molar-refractivity contribution < 1.29 is 33.4 Å². The van der Waals surface area contributed by atoms with Crippen molar-refractivity contribution in [1.29, 1.82) is 0 Å². The van der Waals surface area contributed by atoms with Crippen molar-refractivity contribution in [1.82, 2.24) is 15.1 Å². The van der Waals surface area contributed by atoms with E-state index in [0.717, 1.165) is 0 Å². The normalized spacial score (nSPS) is 14.6. The molecule has 0 fully saturated rings. The quantitative estimate of drug-likeness (QED) is 0.231. The minimum absolute atomic E-state index is 0.0461. The molecule has 1 aromatic rings. The van der Waals surface area contributed by atoms with Gasteiger partial charge in [0.25, 0.3) is 0 Å². The number of methoxy groups -OCH3 is 1. The molecule has 0 radical (unpaired) electrons. The fourth-order valence-electron chi connectivity index (χ4n) is 5.29. The third-order valence-electron chi connectivity index (χ3n) is 7.70. The van der Waals surface area contributed by atoms with E-state index in [1.807, 2.05) is 66.7 Å². The molecule has 254 valence electrons. The minimum atomic E-state index is -1.10. The van der Waals surface area contributed by atoms with Crippen molar-refractivity contribution in [3.05, 3.63) is 41.5 Å². The summed E-state index contributed by atoms with van der Waals surface area (Å²) in [7, 11) is 4.73. The third-order valence-corrected chi connectivity index (χ3v) is 7.70. The van der Waals surface area contributed by atoms with Crippen LogP contribution >= 0.6 is 0 Å². The molecule has 0 bridgehead atoms. The summed E-state index contributed by atoms with van der Waals surface area (Å²) in [6.45, 7) is 22.1. The van der Waals surface area contributed by atoms with Crippen LogP contribution in [0, 0.1) is 11.3 Å². The van der Waals surface area contributed by atoms with Gasteiger partial charge in [-0.1, -0.05) is 72.7 Å². The van der Waals surface area contributed by atoms with Crippen molar-refractivity contribution in [3.8, 4) is 5.75 Å². The van der Waals surface area contributed by atoms with Crippen molar-refractivity contribution in [2.45, 2.75) is 112 Å². The summed E-state index contributed by atoms with van der Waals surface area (Å²) in [6, 6.07) is 4.80. The zero-order valence-corrected chi connectivity index (χ0v) is 30.2. The molecule has 1 rings (SSSR count). The Balaban J connectivity index is 3.68. The van der Waals surface area contributed by atoms with Crippen molar-refractivity contribution >= 4 is 23.9 Å². The maximum Gasteiger partial charge on any atom is 0.410 e. The van der Waals surface area contributed by atoms with Crippen LogP contribution in [0.5, 0.6) is 5.75 Å². The first-order valence-corrected chi connectivity index (χ1v) is 15.5. The molecule has 45 heavy (non-hydrogen) atoms. The zero-order chi connectivity index (χ0) is 35.1. The van der Waals surface area contributed by atoms with E-state index < -0.39 is 52.5 Å². The Hall–Kier alpha value is -3.56. The molecule has 0 aliphatic carbocycles. The molecule has 10 nitrogen and oxygen atoms in total. The number of nitrogens with one attached hydrogen (secondary N) is 1. The number of nitrogens with zero attached hydrogens (tertiary/aromatic N) is 2. The van der Waals surface area contributed by atoms with E-state index in [2.05, 4.69) is 5.32 Å². The van der Waals surface area contributed by atoms with Gasteiger partial charge in [0.15, 0.2) is 0 Å². The molecule has 3 atom stereocenters. The molecule has 0 aromatic heterocycles. The van der Waals surface area contributed by atoms with Crippen LogP contribution in [0.25, 0.3) is 0 Å². The Morgan fingerprint density at radius 3 is 1.96 bits per heavy atom. The average Bonchev–Trinajstić information content (AvgIpc) is 2.91. The lowest BCUT2D eigenvalue weighted by Gasteiger charge is -2.42. The number of carbonyl (C=O) groups excluding carboxylic acids is 4. The molecule has 0 aliphatic heterocycles. The molecule has 3 amide bonds.